The Balaban J connectivity index is 2.98. The van der Waals surface area contributed by atoms with Crippen molar-refractivity contribution >= 4 is 17.6 Å². The van der Waals surface area contributed by atoms with Gasteiger partial charge in [0.15, 0.2) is 0 Å². The third kappa shape index (κ3) is 4.91. The van der Waals surface area contributed by atoms with E-state index in [1.165, 1.54) is 24.3 Å². The number of non-ortho nitro benzene ring substituents is 1. The minimum absolute atomic E-state index is 0.0943. The summed E-state index contributed by atoms with van der Waals surface area (Å²) < 4.78 is 4.99. The number of amides is 1. The SMILES string of the molecule is CCOC(=O)/C(=C(/C)NC(=O)c1ccc([N+](=O)[O-])cc1)C(C)C. The summed E-state index contributed by atoms with van der Waals surface area (Å²) >= 11 is 0. The number of rotatable bonds is 6. The summed E-state index contributed by atoms with van der Waals surface area (Å²) in [6, 6.07) is 5.23. The predicted molar refractivity (Wildman–Crippen MR) is 84.7 cm³/mol. The van der Waals surface area contributed by atoms with E-state index in [9.17, 15) is 19.7 Å². The number of nitrogens with zero attached hydrogens (tertiary/aromatic N) is 1. The number of carbonyl (C=O) groups excluding carboxylic acids is 2. The van der Waals surface area contributed by atoms with Crippen molar-refractivity contribution in [1.82, 2.24) is 5.32 Å². The van der Waals surface area contributed by atoms with Crippen molar-refractivity contribution in [2.24, 2.45) is 5.92 Å². The van der Waals surface area contributed by atoms with E-state index < -0.39 is 16.8 Å². The molecule has 0 spiro atoms. The summed E-state index contributed by atoms with van der Waals surface area (Å²) in [5, 5.41) is 13.2. The molecule has 0 saturated heterocycles. The molecule has 7 nitrogen and oxygen atoms in total. The first kappa shape index (κ1) is 18.3. The van der Waals surface area contributed by atoms with Crippen molar-refractivity contribution in [1.29, 1.82) is 0 Å². The van der Waals surface area contributed by atoms with Gasteiger partial charge in [-0.2, -0.15) is 0 Å². The molecule has 0 aromatic heterocycles. The number of ether oxygens (including phenoxy) is 1. The number of nitrogens with one attached hydrogen (secondary N) is 1. The molecule has 0 saturated carbocycles. The molecule has 1 aromatic carbocycles. The number of esters is 1. The molecule has 0 fully saturated rings. The Morgan fingerprint density at radius 3 is 2.26 bits per heavy atom. The van der Waals surface area contributed by atoms with E-state index in [0.717, 1.165) is 0 Å². The summed E-state index contributed by atoms with van der Waals surface area (Å²) in [4.78, 5) is 34.2. The average molecular weight is 320 g/mol. The van der Waals surface area contributed by atoms with Crippen LogP contribution in [0.25, 0.3) is 0 Å². The molecule has 7 heteroatoms. The number of hydrogen-bond acceptors (Lipinski definition) is 5. The van der Waals surface area contributed by atoms with Gasteiger partial charge in [-0.3, -0.25) is 14.9 Å². The lowest BCUT2D eigenvalue weighted by atomic mass is 10.0. The first-order valence-electron chi connectivity index (χ1n) is 7.21. The van der Waals surface area contributed by atoms with Crippen LogP contribution in [0.1, 0.15) is 38.1 Å². The van der Waals surface area contributed by atoms with Gasteiger partial charge >= 0.3 is 5.97 Å². The van der Waals surface area contributed by atoms with Gasteiger partial charge < -0.3 is 10.1 Å². The fraction of sp³-hybridized carbons (Fsp3) is 0.375. The number of hydrogen-bond donors (Lipinski definition) is 1. The molecule has 124 valence electrons. The number of nitro groups is 1. The van der Waals surface area contributed by atoms with E-state index in [1.807, 2.05) is 13.8 Å². The van der Waals surface area contributed by atoms with E-state index in [0.29, 0.717) is 11.3 Å². The van der Waals surface area contributed by atoms with Crippen LogP contribution in [-0.4, -0.2) is 23.4 Å². The van der Waals surface area contributed by atoms with Crippen LogP contribution in [-0.2, 0) is 9.53 Å². The Hall–Kier alpha value is -2.70. The molecule has 0 bridgehead atoms. The van der Waals surface area contributed by atoms with E-state index in [-0.39, 0.29) is 23.8 Å². The van der Waals surface area contributed by atoms with Crippen molar-refractivity contribution in [2.75, 3.05) is 6.61 Å². The standard InChI is InChI=1S/C16H20N2O5/c1-5-23-16(20)14(10(2)3)11(4)17-15(19)12-6-8-13(9-7-12)18(21)22/h6-10H,5H2,1-4H3,(H,17,19)/b14-11-. The number of allylic oxidation sites excluding steroid dienone is 1. The molecule has 0 radical (unpaired) electrons. The second-order valence-corrected chi connectivity index (χ2v) is 5.17. The zero-order chi connectivity index (χ0) is 17.6. The number of nitro benzene ring substituents is 1. The summed E-state index contributed by atoms with van der Waals surface area (Å²) in [5.41, 5.74) is 0.967. The van der Waals surface area contributed by atoms with Gasteiger partial charge in [0.1, 0.15) is 0 Å². The molecule has 0 aliphatic carbocycles. The van der Waals surface area contributed by atoms with E-state index in [2.05, 4.69) is 5.32 Å². The van der Waals surface area contributed by atoms with Crippen LogP contribution >= 0.6 is 0 Å². The first-order chi connectivity index (χ1) is 10.8. The summed E-state index contributed by atoms with van der Waals surface area (Å²) in [6.07, 6.45) is 0. The zero-order valence-electron chi connectivity index (χ0n) is 13.6. The molecule has 0 aliphatic rings. The molecule has 1 N–H and O–H groups in total. The molecule has 1 aromatic rings. The van der Waals surface area contributed by atoms with Crippen LogP contribution in [0.5, 0.6) is 0 Å². The van der Waals surface area contributed by atoms with Crippen LogP contribution in [0.2, 0.25) is 0 Å². The maximum atomic E-state index is 12.2. The van der Waals surface area contributed by atoms with Gasteiger partial charge in [0.05, 0.1) is 17.1 Å². The van der Waals surface area contributed by atoms with Gasteiger partial charge in [0.25, 0.3) is 11.6 Å². The summed E-state index contributed by atoms with van der Waals surface area (Å²) in [7, 11) is 0. The van der Waals surface area contributed by atoms with E-state index in [1.54, 1.807) is 13.8 Å². The lowest BCUT2D eigenvalue weighted by Gasteiger charge is -2.15. The predicted octanol–water partition coefficient (Wildman–Crippen LogP) is 2.82. The third-order valence-corrected chi connectivity index (χ3v) is 3.12. The first-order valence-corrected chi connectivity index (χ1v) is 7.21. The largest absolute Gasteiger partial charge is 0.463 e. The van der Waals surface area contributed by atoms with Crippen molar-refractivity contribution < 1.29 is 19.2 Å². The molecule has 0 aliphatic heterocycles. The lowest BCUT2D eigenvalue weighted by Crippen LogP contribution is -2.26. The van der Waals surface area contributed by atoms with Crippen molar-refractivity contribution in [3.05, 3.63) is 51.2 Å². The Bertz CT molecular complexity index is 632. The summed E-state index contributed by atoms with van der Waals surface area (Å²) in [5.74, 6) is -1.03. The molecule has 1 rings (SSSR count). The van der Waals surface area contributed by atoms with Crippen LogP contribution in [0, 0.1) is 16.0 Å². The van der Waals surface area contributed by atoms with Crippen molar-refractivity contribution in [3.8, 4) is 0 Å². The Morgan fingerprint density at radius 1 is 1.26 bits per heavy atom. The molecular formula is C16H20N2O5. The van der Waals surface area contributed by atoms with E-state index in [4.69, 9.17) is 4.74 Å². The lowest BCUT2D eigenvalue weighted by molar-refractivity contribution is -0.384. The van der Waals surface area contributed by atoms with Gasteiger partial charge in [-0.1, -0.05) is 13.8 Å². The Kier molecular flexibility index (Phi) is 6.44. The van der Waals surface area contributed by atoms with Crippen LogP contribution in [0.3, 0.4) is 0 Å². The molecular weight excluding hydrogens is 300 g/mol. The highest BCUT2D eigenvalue weighted by atomic mass is 16.6. The van der Waals surface area contributed by atoms with E-state index >= 15 is 0 Å². The van der Waals surface area contributed by atoms with Crippen LogP contribution < -0.4 is 5.32 Å². The third-order valence-electron chi connectivity index (χ3n) is 3.12. The molecule has 0 unspecified atom stereocenters. The average Bonchev–Trinajstić information content (AvgIpc) is 2.47. The maximum Gasteiger partial charge on any atom is 0.336 e. The number of carbonyl (C=O) groups is 2. The Labute approximate surface area is 134 Å². The minimum atomic E-state index is -0.537. The van der Waals surface area contributed by atoms with Crippen molar-refractivity contribution in [3.63, 3.8) is 0 Å². The second-order valence-electron chi connectivity index (χ2n) is 5.17. The summed E-state index contributed by atoms with van der Waals surface area (Å²) in [6.45, 7) is 7.23. The van der Waals surface area contributed by atoms with Gasteiger partial charge in [-0.05, 0) is 31.9 Å². The van der Waals surface area contributed by atoms with Crippen LogP contribution in [0.4, 0.5) is 5.69 Å². The van der Waals surface area contributed by atoms with Gasteiger partial charge in [0.2, 0.25) is 0 Å². The monoisotopic (exact) mass is 320 g/mol. The second kappa shape index (κ2) is 8.07. The van der Waals surface area contributed by atoms with Crippen molar-refractivity contribution in [2.45, 2.75) is 27.7 Å². The minimum Gasteiger partial charge on any atom is -0.463 e. The highest BCUT2D eigenvalue weighted by Crippen LogP contribution is 2.17. The van der Waals surface area contributed by atoms with Gasteiger partial charge in [-0.15, -0.1) is 0 Å². The molecule has 1 amide bonds. The fourth-order valence-corrected chi connectivity index (χ4v) is 2.07. The number of benzene rings is 1. The van der Waals surface area contributed by atoms with Crippen LogP contribution in [0.15, 0.2) is 35.5 Å². The molecule has 0 atom stereocenters. The van der Waals surface area contributed by atoms with Gasteiger partial charge in [-0.25, -0.2) is 4.79 Å². The zero-order valence-corrected chi connectivity index (χ0v) is 13.6. The molecule has 0 heterocycles. The fourth-order valence-electron chi connectivity index (χ4n) is 2.07. The smallest absolute Gasteiger partial charge is 0.336 e. The van der Waals surface area contributed by atoms with Gasteiger partial charge in [0, 0.05) is 23.4 Å². The maximum absolute atomic E-state index is 12.2. The normalized spacial score (nSPS) is 11.7. The highest BCUT2D eigenvalue weighted by Gasteiger charge is 2.19. The quantitative estimate of drug-likeness (QED) is 0.376. The molecule has 23 heavy (non-hydrogen) atoms. The highest BCUT2D eigenvalue weighted by molar-refractivity contribution is 5.97. The Morgan fingerprint density at radius 2 is 1.83 bits per heavy atom. The topological polar surface area (TPSA) is 98.5 Å².